The number of carbonyl (C=O) groups is 2. The third-order valence-corrected chi connectivity index (χ3v) is 5.53. The number of carboxylic acids is 1. The van der Waals surface area contributed by atoms with Crippen LogP contribution in [-0.4, -0.2) is 30.1 Å². The first-order valence-corrected chi connectivity index (χ1v) is 9.47. The molecular formula is C22H26N2O3. The number of benzene rings is 2. The number of hydrogen-bond donors (Lipinski definition) is 2. The average Bonchev–Trinajstić information content (AvgIpc) is 2.69. The maximum Gasteiger partial charge on any atom is 0.319 e. The number of rotatable bonds is 6. The Hall–Kier alpha value is -2.82. The maximum atomic E-state index is 13.0. The van der Waals surface area contributed by atoms with Crippen LogP contribution in [-0.2, 0) is 22.4 Å². The lowest BCUT2D eigenvalue weighted by Crippen LogP contribution is -2.47. The molecule has 0 saturated heterocycles. The SMILES string of the molecule is CCN(CC)c1ccc(NC(=O)C2(C(=O)O)CCc3ccccc3C2)cc1. The summed E-state index contributed by atoms with van der Waals surface area (Å²) in [5.41, 5.74) is 2.35. The van der Waals surface area contributed by atoms with Crippen LogP contribution in [0.5, 0.6) is 0 Å². The van der Waals surface area contributed by atoms with Crippen molar-refractivity contribution in [1.29, 1.82) is 0 Å². The number of anilines is 2. The first-order chi connectivity index (χ1) is 13.0. The number of amides is 1. The zero-order valence-corrected chi connectivity index (χ0v) is 15.9. The Morgan fingerprint density at radius 1 is 1.04 bits per heavy atom. The van der Waals surface area contributed by atoms with Gasteiger partial charge in [-0.2, -0.15) is 0 Å². The largest absolute Gasteiger partial charge is 0.480 e. The van der Waals surface area contributed by atoms with E-state index in [2.05, 4.69) is 24.1 Å². The predicted molar refractivity (Wildman–Crippen MR) is 107 cm³/mol. The molecule has 1 atom stereocenters. The van der Waals surface area contributed by atoms with E-state index < -0.39 is 17.3 Å². The van der Waals surface area contributed by atoms with Crippen molar-refractivity contribution < 1.29 is 14.7 Å². The molecule has 2 aromatic rings. The van der Waals surface area contributed by atoms with Crippen molar-refractivity contribution in [2.75, 3.05) is 23.3 Å². The Balaban J connectivity index is 1.80. The summed E-state index contributed by atoms with van der Waals surface area (Å²) in [5, 5.41) is 12.7. The number of carboxylic acid groups (broad SMARTS) is 1. The Morgan fingerprint density at radius 2 is 1.67 bits per heavy atom. The molecule has 2 aromatic carbocycles. The molecule has 1 aliphatic carbocycles. The average molecular weight is 366 g/mol. The van der Waals surface area contributed by atoms with Crippen molar-refractivity contribution in [3.63, 3.8) is 0 Å². The van der Waals surface area contributed by atoms with Gasteiger partial charge in [0.05, 0.1) is 0 Å². The molecule has 2 N–H and O–H groups in total. The molecular weight excluding hydrogens is 340 g/mol. The Labute approximate surface area is 160 Å². The molecule has 0 fully saturated rings. The van der Waals surface area contributed by atoms with Crippen LogP contribution in [0.2, 0.25) is 0 Å². The molecule has 1 amide bonds. The Morgan fingerprint density at radius 3 is 2.26 bits per heavy atom. The van der Waals surface area contributed by atoms with Gasteiger partial charge in [-0.1, -0.05) is 24.3 Å². The third-order valence-electron chi connectivity index (χ3n) is 5.53. The number of aryl methyl sites for hydroxylation is 1. The summed E-state index contributed by atoms with van der Waals surface area (Å²) in [4.78, 5) is 27.3. The van der Waals surface area contributed by atoms with Gasteiger partial charge in [0.1, 0.15) is 0 Å². The summed E-state index contributed by atoms with van der Waals surface area (Å²) >= 11 is 0. The van der Waals surface area contributed by atoms with E-state index >= 15 is 0 Å². The van der Waals surface area contributed by atoms with Crippen LogP contribution in [0.4, 0.5) is 11.4 Å². The van der Waals surface area contributed by atoms with E-state index in [1.165, 1.54) is 0 Å². The predicted octanol–water partition coefficient (Wildman–Crippen LogP) is 3.73. The molecule has 1 aliphatic rings. The van der Waals surface area contributed by atoms with E-state index in [1.54, 1.807) is 0 Å². The van der Waals surface area contributed by atoms with Crippen molar-refractivity contribution >= 4 is 23.3 Å². The van der Waals surface area contributed by atoms with Crippen molar-refractivity contribution in [1.82, 2.24) is 0 Å². The lowest BCUT2D eigenvalue weighted by molar-refractivity contribution is -0.154. The topological polar surface area (TPSA) is 69.6 Å². The van der Waals surface area contributed by atoms with Crippen molar-refractivity contribution in [2.45, 2.75) is 33.1 Å². The van der Waals surface area contributed by atoms with Crippen molar-refractivity contribution in [3.05, 3.63) is 59.7 Å². The normalized spacial score (nSPS) is 18.4. The fourth-order valence-electron chi connectivity index (χ4n) is 3.80. The maximum absolute atomic E-state index is 13.0. The lowest BCUT2D eigenvalue weighted by atomic mass is 9.71. The molecule has 0 aromatic heterocycles. The van der Waals surface area contributed by atoms with E-state index in [0.717, 1.165) is 29.9 Å². The van der Waals surface area contributed by atoms with E-state index in [4.69, 9.17) is 0 Å². The summed E-state index contributed by atoms with van der Waals surface area (Å²) < 4.78 is 0. The smallest absolute Gasteiger partial charge is 0.319 e. The molecule has 27 heavy (non-hydrogen) atoms. The van der Waals surface area contributed by atoms with Crippen LogP contribution in [0.15, 0.2) is 48.5 Å². The first-order valence-electron chi connectivity index (χ1n) is 9.47. The van der Waals surface area contributed by atoms with Crippen LogP contribution < -0.4 is 10.2 Å². The highest BCUT2D eigenvalue weighted by Gasteiger charge is 2.48. The first kappa shape index (κ1) is 19.0. The van der Waals surface area contributed by atoms with Gasteiger partial charge in [-0.25, -0.2) is 0 Å². The van der Waals surface area contributed by atoms with Crippen LogP contribution in [0.1, 0.15) is 31.4 Å². The second-order valence-electron chi connectivity index (χ2n) is 7.01. The molecule has 0 heterocycles. The lowest BCUT2D eigenvalue weighted by Gasteiger charge is -2.33. The highest BCUT2D eigenvalue weighted by Crippen LogP contribution is 2.37. The van der Waals surface area contributed by atoms with Gasteiger partial charge in [-0.3, -0.25) is 9.59 Å². The Kier molecular flexibility index (Phi) is 5.49. The monoisotopic (exact) mass is 366 g/mol. The molecule has 3 rings (SSSR count). The molecule has 0 bridgehead atoms. The summed E-state index contributed by atoms with van der Waals surface area (Å²) in [5.74, 6) is -1.51. The van der Waals surface area contributed by atoms with E-state index in [1.807, 2.05) is 48.5 Å². The number of hydrogen-bond acceptors (Lipinski definition) is 3. The second-order valence-corrected chi connectivity index (χ2v) is 7.01. The number of aliphatic carboxylic acids is 1. The fourth-order valence-corrected chi connectivity index (χ4v) is 3.80. The van der Waals surface area contributed by atoms with Crippen LogP contribution >= 0.6 is 0 Å². The number of carbonyl (C=O) groups excluding carboxylic acids is 1. The molecule has 0 radical (unpaired) electrons. The standard InChI is InChI=1S/C22H26N2O3/c1-3-24(4-2)19-11-9-18(10-12-19)23-20(25)22(21(26)27)14-13-16-7-5-6-8-17(16)15-22/h5-12H,3-4,13-15H2,1-2H3,(H,23,25)(H,26,27). The second kappa shape index (κ2) is 7.82. The van der Waals surface area contributed by atoms with Gasteiger partial charge in [-0.05, 0) is 68.5 Å². The minimum absolute atomic E-state index is 0.224. The quantitative estimate of drug-likeness (QED) is 0.764. The van der Waals surface area contributed by atoms with Crippen molar-refractivity contribution in [3.8, 4) is 0 Å². The van der Waals surface area contributed by atoms with Gasteiger partial charge in [0, 0.05) is 24.5 Å². The molecule has 0 aliphatic heterocycles. The molecule has 142 valence electrons. The van der Waals surface area contributed by atoms with Crippen LogP contribution in [0, 0.1) is 5.41 Å². The Bertz CT molecular complexity index is 828. The zero-order chi connectivity index (χ0) is 19.4. The molecule has 1 unspecified atom stereocenters. The van der Waals surface area contributed by atoms with Gasteiger partial charge in [-0.15, -0.1) is 0 Å². The van der Waals surface area contributed by atoms with Crippen LogP contribution in [0.3, 0.4) is 0 Å². The number of nitrogens with zero attached hydrogens (tertiary/aromatic N) is 1. The molecule has 0 spiro atoms. The highest BCUT2D eigenvalue weighted by molar-refractivity contribution is 6.08. The third kappa shape index (κ3) is 3.68. The van der Waals surface area contributed by atoms with Gasteiger partial charge in [0.15, 0.2) is 5.41 Å². The number of fused-ring (bicyclic) bond motifs is 1. The van der Waals surface area contributed by atoms with Crippen molar-refractivity contribution in [2.24, 2.45) is 5.41 Å². The van der Waals surface area contributed by atoms with Gasteiger partial charge in [0.25, 0.3) is 0 Å². The van der Waals surface area contributed by atoms with E-state index in [-0.39, 0.29) is 6.42 Å². The fraction of sp³-hybridized carbons (Fsp3) is 0.364. The van der Waals surface area contributed by atoms with Gasteiger partial charge < -0.3 is 15.3 Å². The molecule has 5 nitrogen and oxygen atoms in total. The number of nitrogens with one attached hydrogen (secondary N) is 1. The van der Waals surface area contributed by atoms with Gasteiger partial charge in [0.2, 0.25) is 5.91 Å². The van der Waals surface area contributed by atoms with E-state index in [9.17, 15) is 14.7 Å². The summed E-state index contributed by atoms with van der Waals surface area (Å²) in [6.45, 7) is 6.00. The summed E-state index contributed by atoms with van der Waals surface area (Å²) in [6.07, 6.45) is 1.13. The van der Waals surface area contributed by atoms with Gasteiger partial charge >= 0.3 is 5.97 Å². The summed E-state index contributed by atoms with van der Waals surface area (Å²) in [6, 6.07) is 15.3. The molecule has 0 saturated carbocycles. The molecule has 5 heteroatoms. The minimum atomic E-state index is -1.42. The zero-order valence-electron chi connectivity index (χ0n) is 15.9. The summed E-state index contributed by atoms with van der Waals surface area (Å²) in [7, 11) is 0. The van der Waals surface area contributed by atoms with Crippen LogP contribution in [0.25, 0.3) is 0 Å². The highest BCUT2D eigenvalue weighted by atomic mass is 16.4. The minimum Gasteiger partial charge on any atom is -0.480 e. The van der Waals surface area contributed by atoms with E-state index in [0.29, 0.717) is 18.5 Å².